The van der Waals surface area contributed by atoms with E-state index in [2.05, 4.69) is 26.0 Å². The van der Waals surface area contributed by atoms with Crippen LogP contribution in [0.5, 0.6) is 0 Å². The predicted octanol–water partition coefficient (Wildman–Crippen LogP) is 0.720. The molecule has 3 aromatic rings. The molecule has 8 heteroatoms. The van der Waals surface area contributed by atoms with Gasteiger partial charge < -0.3 is 20.9 Å². The van der Waals surface area contributed by atoms with Crippen molar-refractivity contribution >= 4 is 22.7 Å². The molecular formula is C20H22N6O2. The van der Waals surface area contributed by atoms with Crippen molar-refractivity contribution in [1.29, 1.82) is 0 Å². The SMILES string of the molecule is CNC(=O)c1cc(C(=O)N[C@H]2[C@@H]3CNC[C@@H]32)n(Cc2cccc3[nH]ccc23)n1. The van der Waals surface area contributed by atoms with E-state index in [0.29, 0.717) is 24.1 Å². The second-order valence-corrected chi connectivity index (χ2v) is 7.49. The molecule has 0 radical (unpaired) electrons. The minimum absolute atomic E-state index is 0.178. The van der Waals surface area contributed by atoms with E-state index in [1.165, 1.54) is 0 Å². The van der Waals surface area contributed by atoms with Crippen LogP contribution in [0, 0.1) is 11.8 Å². The van der Waals surface area contributed by atoms with Gasteiger partial charge in [0.25, 0.3) is 11.8 Å². The first-order chi connectivity index (χ1) is 13.7. The largest absolute Gasteiger partial charge is 0.361 e. The third kappa shape index (κ3) is 2.77. The topological polar surface area (TPSA) is 104 Å². The molecule has 1 aliphatic carbocycles. The fourth-order valence-corrected chi connectivity index (χ4v) is 4.27. The molecule has 2 aliphatic rings. The third-order valence-corrected chi connectivity index (χ3v) is 5.87. The molecule has 0 unspecified atom stereocenters. The number of rotatable bonds is 5. The molecule has 0 bridgehead atoms. The molecule has 1 aromatic carbocycles. The monoisotopic (exact) mass is 378 g/mol. The van der Waals surface area contributed by atoms with Gasteiger partial charge >= 0.3 is 0 Å². The molecule has 144 valence electrons. The Balaban J connectivity index is 1.45. The van der Waals surface area contributed by atoms with Crippen LogP contribution < -0.4 is 16.0 Å². The molecule has 1 saturated carbocycles. The number of benzene rings is 1. The summed E-state index contributed by atoms with van der Waals surface area (Å²) in [4.78, 5) is 28.2. The summed E-state index contributed by atoms with van der Waals surface area (Å²) in [6.07, 6.45) is 1.89. The van der Waals surface area contributed by atoms with E-state index >= 15 is 0 Å². The lowest BCUT2D eigenvalue weighted by molar-refractivity contribution is 0.0933. The van der Waals surface area contributed by atoms with Crippen molar-refractivity contribution < 1.29 is 9.59 Å². The Morgan fingerprint density at radius 1 is 1.21 bits per heavy atom. The van der Waals surface area contributed by atoms with E-state index in [1.54, 1.807) is 17.8 Å². The highest BCUT2D eigenvalue weighted by Crippen LogP contribution is 2.41. The van der Waals surface area contributed by atoms with Gasteiger partial charge in [-0.2, -0.15) is 5.10 Å². The number of carbonyl (C=O) groups excluding carboxylic acids is 2. The van der Waals surface area contributed by atoms with Crippen LogP contribution in [0.3, 0.4) is 0 Å². The summed E-state index contributed by atoms with van der Waals surface area (Å²) in [6, 6.07) is 9.78. The van der Waals surface area contributed by atoms with Crippen LogP contribution in [0.15, 0.2) is 36.5 Å². The van der Waals surface area contributed by atoms with Gasteiger partial charge in [-0.3, -0.25) is 14.3 Å². The number of aromatic amines is 1. The highest BCUT2D eigenvalue weighted by atomic mass is 16.2. The van der Waals surface area contributed by atoms with Crippen LogP contribution in [0.1, 0.15) is 26.5 Å². The van der Waals surface area contributed by atoms with E-state index in [-0.39, 0.29) is 23.6 Å². The number of fused-ring (bicyclic) bond motifs is 2. The standard InChI is InChI=1S/C20H22N6O2/c1-21-19(27)16-7-17(20(28)24-18-13-8-22-9-14(13)18)26(25-16)10-11-3-2-4-15-12(11)5-6-23-15/h2-7,13-14,18,22-23H,8-10H2,1H3,(H,21,27)(H,24,28)/t13-,14+,18+. The van der Waals surface area contributed by atoms with E-state index in [0.717, 1.165) is 29.6 Å². The second kappa shape index (κ2) is 6.49. The van der Waals surface area contributed by atoms with Crippen molar-refractivity contribution in [3.8, 4) is 0 Å². The average Bonchev–Trinajstić information content (AvgIpc) is 3.22. The first-order valence-electron chi connectivity index (χ1n) is 9.52. The van der Waals surface area contributed by atoms with E-state index in [9.17, 15) is 9.59 Å². The van der Waals surface area contributed by atoms with Crippen LogP contribution in [-0.4, -0.2) is 52.8 Å². The van der Waals surface area contributed by atoms with Crippen LogP contribution >= 0.6 is 0 Å². The fraction of sp³-hybridized carbons (Fsp3) is 0.350. The van der Waals surface area contributed by atoms with Crippen molar-refractivity contribution in [3.05, 3.63) is 53.5 Å². The molecular weight excluding hydrogens is 356 g/mol. The number of nitrogens with one attached hydrogen (secondary N) is 4. The Bertz CT molecular complexity index is 1060. The summed E-state index contributed by atoms with van der Waals surface area (Å²) in [5.41, 5.74) is 2.71. The lowest BCUT2D eigenvalue weighted by Gasteiger charge is -2.10. The molecule has 2 fully saturated rings. The van der Waals surface area contributed by atoms with Gasteiger partial charge in [-0.15, -0.1) is 0 Å². The molecule has 1 saturated heterocycles. The number of aromatic nitrogens is 3. The Kier molecular flexibility index (Phi) is 3.94. The van der Waals surface area contributed by atoms with Crippen LogP contribution in [0.2, 0.25) is 0 Å². The number of hydrogen-bond acceptors (Lipinski definition) is 4. The van der Waals surface area contributed by atoms with Crippen molar-refractivity contribution in [3.63, 3.8) is 0 Å². The van der Waals surface area contributed by atoms with Gasteiger partial charge in [0, 0.05) is 49.3 Å². The summed E-state index contributed by atoms with van der Waals surface area (Å²) < 4.78 is 1.62. The Morgan fingerprint density at radius 3 is 2.82 bits per heavy atom. The van der Waals surface area contributed by atoms with Gasteiger partial charge in [-0.25, -0.2) is 0 Å². The maximum atomic E-state index is 12.9. The zero-order chi connectivity index (χ0) is 19.3. The van der Waals surface area contributed by atoms with Crippen molar-refractivity contribution in [1.82, 2.24) is 30.7 Å². The highest BCUT2D eigenvalue weighted by molar-refractivity contribution is 5.98. The molecule has 3 heterocycles. The van der Waals surface area contributed by atoms with Crippen LogP contribution in [-0.2, 0) is 6.54 Å². The van der Waals surface area contributed by atoms with Crippen LogP contribution in [0.4, 0.5) is 0 Å². The smallest absolute Gasteiger partial charge is 0.271 e. The molecule has 5 rings (SSSR count). The van der Waals surface area contributed by atoms with E-state index in [4.69, 9.17) is 0 Å². The predicted molar refractivity (Wildman–Crippen MR) is 104 cm³/mol. The summed E-state index contributed by atoms with van der Waals surface area (Å²) in [7, 11) is 1.56. The average molecular weight is 378 g/mol. The third-order valence-electron chi connectivity index (χ3n) is 5.87. The molecule has 4 N–H and O–H groups in total. The first-order valence-corrected chi connectivity index (χ1v) is 9.52. The highest BCUT2D eigenvalue weighted by Gasteiger charge is 2.53. The summed E-state index contributed by atoms with van der Waals surface area (Å²) >= 11 is 0. The molecule has 3 atom stereocenters. The zero-order valence-electron chi connectivity index (χ0n) is 15.5. The van der Waals surface area contributed by atoms with Crippen molar-refractivity contribution in [2.45, 2.75) is 12.6 Å². The molecule has 8 nitrogen and oxygen atoms in total. The van der Waals surface area contributed by atoms with Gasteiger partial charge in [0.05, 0.1) is 6.54 Å². The normalized spacial score (nSPS) is 22.8. The molecule has 1 aliphatic heterocycles. The fourth-order valence-electron chi connectivity index (χ4n) is 4.27. The van der Waals surface area contributed by atoms with Crippen molar-refractivity contribution in [2.24, 2.45) is 11.8 Å². The molecule has 2 aromatic heterocycles. The maximum absolute atomic E-state index is 12.9. The Hall–Kier alpha value is -3.13. The minimum Gasteiger partial charge on any atom is -0.361 e. The summed E-state index contributed by atoms with van der Waals surface area (Å²) in [5, 5.41) is 14.5. The zero-order valence-corrected chi connectivity index (χ0v) is 15.5. The number of piperidine rings is 1. The lowest BCUT2D eigenvalue weighted by atomic mass is 10.1. The number of H-pyrrole nitrogens is 1. The quantitative estimate of drug-likeness (QED) is 0.525. The van der Waals surface area contributed by atoms with Gasteiger partial charge in [-0.05, 0) is 29.5 Å². The van der Waals surface area contributed by atoms with Gasteiger partial charge in [0.2, 0.25) is 0 Å². The number of nitrogens with zero attached hydrogens (tertiary/aromatic N) is 2. The minimum atomic E-state index is -0.305. The van der Waals surface area contributed by atoms with E-state index in [1.807, 2.05) is 30.5 Å². The summed E-state index contributed by atoms with van der Waals surface area (Å²) in [6.45, 7) is 2.32. The molecule has 2 amide bonds. The van der Waals surface area contributed by atoms with Crippen molar-refractivity contribution in [2.75, 3.05) is 20.1 Å². The Labute approximate surface area is 161 Å². The molecule has 28 heavy (non-hydrogen) atoms. The lowest BCUT2D eigenvalue weighted by Crippen LogP contribution is -2.33. The maximum Gasteiger partial charge on any atom is 0.271 e. The van der Waals surface area contributed by atoms with Gasteiger partial charge in [0.15, 0.2) is 5.69 Å². The number of amides is 2. The molecule has 0 spiro atoms. The van der Waals surface area contributed by atoms with Crippen LogP contribution in [0.25, 0.3) is 10.9 Å². The number of hydrogen-bond donors (Lipinski definition) is 4. The second-order valence-electron chi connectivity index (χ2n) is 7.49. The van der Waals surface area contributed by atoms with E-state index < -0.39 is 0 Å². The van der Waals surface area contributed by atoms with Gasteiger partial charge in [0.1, 0.15) is 5.69 Å². The number of carbonyl (C=O) groups is 2. The van der Waals surface area contributed by atoms with Gasteiger partial charge in [-0.1, -0.05) is 12.1 Å². The Morgan fingerprint density at radius 2 is 2.04 bits per heavy atom. The summed E-state index contributed by atoms with van der Waals surface area (Å²) in [5.74, 6) is 0.558. The first kappa shape index (κ1) is 17.0.